The molecule has 0 bridgehead atoms. The number of carbonyl (C=O) groups excluding carboxylic acids is 3. The van der Waals surface area contributed by atoms with Gasteiger partial charge in [0.05, 0.1) is 23.4 Å². The van der Waals surface area contributed by atoms with Crippen LogP contribution in [0.15, 0.2) is 60.7 Å². The Kier molecular flexibility index (Phi) is 5.48. The molecule has 3 aromatic carbocycles. The first-order chi connectivity index (χ1) is 14.9. The Bertz CT molecular complexity index is 1200. The summed E-state index contributed by atoms with van der Waals surface area (Å²) in [4.78, 5) is 39.6. The van der Waals surface area contributed by atoms with E-state index in [1.165, 1.54) is 18.2 Å². The Morgan fingerprint density at radius 2 is 1.68 bits per heavy atom. The van der Waals surface area contributed by atoms with Crippen molar-refractivity contribution in [1.82, 2.24) is 0 Å². The maximum Gasteiger partial charge on any atom is 0.266 e. The smallest absolute Gasteiger partial charge is 0.266 e. The van der Waals surface area contributed by atoms with Crippen LogP contribution in [0.1, 0.15) is 43.6 Å². The average molecular weight is 435 g/mol. The number of nitrogens with zero attached hydrogens (tertiary/aromatic N) is 1. The summed E-state index contributed by atoms with van der Waals surface area (Å²) in [7, 11) is 0. The van der Waals surface area contributed by atoms with Crippen molar-refractivity contribution < 1.29 is 19.1 Å². The van der Waals surface area contributed by atoms with Crippen LogP contribution in [0.5, 0.6) is 5.75 Å². The van der Waals surface area contributed by atoms with Crippen LogP contribution in [-0.4, -0.2) is 24.3 Å². The third-order valence-electron chi connectivity index (χ3n) is 4.99. The summed E-state index contributed by atoms with van der Waals surface area (Å²) in [5.41, 5.74) is 2.61. The van der Waals surface area contributed by atoms with Gasteiger partial charge in [0, 0.05) is 16.3 Å². The fourth-order valence-corrected chi connectivity index (χ4v) is 3.66. The molecule has 0 unspecified atom stereocenters. The normalized spacial score (nSPS) is 12.7. The second-order valence-electron chi connectivity index (χ2n) is 7.05. The number of ether oxygens (including phenoxy) is 1. The molecule has 0 aliphatic carbocycles. The van der Waals surface area contributed by atoms with E-state index in [1.807, 2.05) is 13.8 Å². The molecule has 1 aliphatic heterocycles. The number of aryl methyl sites for hydroxylation is 1. The van der Waals surface area contributed by atoms with Crippen LogP contribution in [0, 0.1) is 6.92 Å². The minimum absolute atomic E-state index is 0.194. The number of rotatable bonds is 5. The van der Waals surface area contributed by atoms with Crippen LogP contribution in [0.4, 0.5) is 11.4 Å². The number of anilines is 2. The first-order valence-electron chi connectivity index (χ1n) is 9.72. The summed E-state index contributed by atoms with van der Waals surface area (Å²) in [6, 6.07) is 16.4. The van der Waals surface area contributed by atoms with Crippen molar-refractivity contribution >= 4 is 40.7 Å². The van der Waals surface area contributed by atoms with Crippen molar-refractivity contribution in [3.8, 4) is 5.75 Å². The van der Waals surface area contributed by atoms with Gasteiger partial charge in [-0.3, -0.25) is 14.4 Å². The zero-order valence-corrected chi connectivity index (χ0v) is 17.7. The topological polar surface area (TPSA) is 75.7 Å². The zero-order valence-electron chi connectivity index (χ0n) is 16.9. The van der Waals surface area contributed by atoms with E-state index in [1.54, 1.807) is 42.5 Å². The molecule has 31 heavy (non-hydrogen) atoms. The van der Waals surface area contributed by atoms with E-state index < -0.39 is 11.8 Å². The molecule has 7 heteroatoms. The van der Waals surface area contributed by atoms with E-state index in [0.29, 0.717) is 28.8 Å². The molecule has 4 rings (SSSR count). The lowest BCUT2D eigenvalue weighted by Gasteiger charge is -2.14. The molecule has 3 aromatic rings. The summed E-state index contributed by atoms with van der Waals surface area (Å²) < 4.78 is 5.40. The minimum atomic E-state index is -0.471. The Morgan fingerprint density at radius 1 is 0.968 bits per heavy atom. The van der Waals surface area contributed by atoms with Crippen LogP contribution < -0.4 is 15.0 Å². The number of fused-ring (bicyclic) bond motifs is 1. The molecule has 0 saturated heterocycles. The van der Waals surface area contributed by atoms with Gasteiger partial charge in [0.15, 0.2) is 0 Å². The molecule has 0 atom stereocenters. The van der Waals surface area contributed by atoms with E-state index in [2.05, 4.69) is 5.32 Å². The second kappa shape index (κ2) is 8.24. The molecule has 1 N–H and O–H groups in total. The van der Waals surface area contributed by atoms with Crippen molar-refractivity contribution in [3.63, 3.8) is 0 Å². The first kappa shape index (κ1) is 20.6. The van der Waals surface area contributed by atoms with E-state index in [0.717, 1.165) is 10.5 Å². The standard InChI is InChI=1S/C24H19ClN2O4/c1-3-31-18-8-6-17(7-9-18)27-23(29)19-10-4-15(13-20(19)24(27)30)22(28)26-21-11-5-16(25)12-14(21)2/h4-13H,3H2,1-2H3,(H,26,28). The van der Waals surface area contributed by atoms with Crippen LogP contribution in [-0.2, 0) is 0 Å². The van der Waals surface area contributed by atoms with Crippen LogP contribution in [0.2, 0.25) is 5.02 Å². The van der Waals surface area contributed by atoms with Crippen LogP contribution in [0.3, 0.4) is 0 Å². The molecule has 1 heterocycles. The van der Waals surface area contributed by atoms with Crippen LogP contribution >= 0.6 is 11.6 Å². The van der Waals surface area contributed by atoms with Gasteiger partial charge in [-0.2, -0.15) is 0 Å². The van der Waals surface area contributed by atoms with Crippen molar-refractivity contribution in [2.24, 2.45) is 0 Å². The number of benzene rings is 3. The van der Waals surface area contributed by atoms with Crippen molar-refractivity contribution in [2.75, 3.05) is 16.8 Å². The predicted octanol–water partition coefficient (Wildman–Crippen LogP) is 5.10. The third kappa shape index (κ3) is 3.90. The third-order valence-corrected chi connectivity index (χ3v) is 5.23. The van der Waals surface area contributed by atoms with Crippen molar-refractivity contribution in [2.45, 2.75) is 13.8 Å². The Hall–Kier alpha value is -3.64. The highest BCUT2D eigenvalue weighted by atomic mass is 35.5. The Labute approximate surface area is 184 Å². The molecule has 6 nitrogen and oxygen atoms in total. The number of imide groups is 1. The van der Waals surface area contributed by atoms with Gasteiger partial charge in [0.1, 0.15) is 5.75 Å². The number of nitrogens with one attached hydrogen (secondary N) is 1. The maximum absolute atomic E-state index is 13.0. The van der Waals surface area contributed by atoms with E-state index in [9.17, 15) is 14.4 Å². The number of hydrogen-bond acceptors (Lipinski definition) is 4. The summed E-state index contributed by atoms with van der Waals surface area (Å²) in [5, 5.41) is 3.39. The van der Waals surface area contributed by atoms with Crippen molar-refractivity contribution in [1.29, 1.82) is 0 Å². The molecule has 0 fully saturated rings. The highest BCUT2D eigenvalue weighted by Gasteiger charge is 2.37. The lowest BCUT2D eigenvalue weighted by atomic mass is 10.0. The molecule has 0 saturated carbocycles. The molecule has 0 radical (unpaired) electrons. The minimum Gasteiger partial charge on any atom is -0.494 e. The fourth-order valence-electron chi connectivity index (χ4n) is 3.44. The van der Waals surface area contributed by atoms with Gasteiger partial charge >= 0.3 is 0 Å². The Morgan fingerprint density at radius 3 is 2.35 bits per heavy atom. The Balaban J connectivity index is 1.59. The lowest BCUT2D eigenvalue weighted by Crippen LogP contribution is -2.29. The number of halogens is 1. The SMILES string of the molecule is CCOc1ccc(N2C(=O)c3ccc(C(=O)Nc4ccc(Cl)cc4C)cc3C2=O)cc1. The van der Waals surface area contributed by atoms with Gasteiger partial charge in [-0.1, -0.05) is 11.6 Å². The largest absolute Gasteiger partial charge is 0.494 e. The monoisotopic (exact) mass is 434 g/mol. The molecular formula is C24H19ClN2O4. The number of hydrogen-bond donors (Lipinski definition) is 1. The lowest BCUT2D eigenvalue weighted by molar-refractivity contribution is 0.0925. The van der Waals surface area contributed by atoms with Gasteiger partial charge < -0.3 is 10.1 Å². The maximum atomic E-state index is 13.0. The highest BCUT2D eigenvalue weighted by Crippen LogP contribution is 2.30. The molecule has 0 aromatic heterocycles. The summed E-state index contributed by atoms with van der Waals surface area (Å²) >= 11 is 5.96. The number of amides is 3. The van der Waals surface area contributed by atoms with Gasteiger partial charge in [-0.25, -0.2) is 4.90 Å². The molecule has 156 valence electrons. The van der Waals surface area contributed by atoms with E-state index in [-0.39, 0.29) is 22.6 Å². The zero-order chi connectivity index (χ0) is 22.1. The molecular weight excluding hydrogens is 416 g/mol. The molecule has 0 spiro atoms. The summed E-state index contributed by atoms with van der Waals surface area (Å²) in [6.07, 6.45) is 0. The molecule has 3 amide bonds. The quantitative estimate of drug-likeness (QED) is 0.567. The van der Waals surface area contributed by atoms with E-state index in [4.69, 9.17) is 16.3 Å². The van der Waals surface area contributed by atoms with Crippen LogP contribution in [0.25, 0.3) is 0 Å². The first-order valence-corrected chi connectivity index (χ1v) is 10.1. The molecule has 1 aliphatic rings. The summed E-state index contributed by atoms with van der Waals surface area (Å²) in [5.74, 6) is -0.626. The van der Waals surface area contributed by atoms with Gasteiger partial charge in [-0.15, -0.1) is 0 Å². The van der Waals surface area contributed by atoms with Gasteiger partial charge in [-0.05, 0) is 80.1 Å². The average Bonchev–Trinajstić information content (AvgIpc) is 3.01. The summed E-state index contributed by atoms with van der Waals surface area (Å²) in [6.45, 7) is 4.23. The van der Waals surface area contributed by atoms with Crippen molar-refractivity contribution in [3.05, 3.63) is 87.9 Å². The highest BCUT2D eigenvalue weighted by molar-refractivity contribution is 6.35. The van der Waals surface area contributed by atoms with Gasteiger partial charge in [0.25, 0.3) is 17.7 Å². The second-order valence-corrected chi connectivity index (χ2v) is 7.48. The number of carbonyl (C=O) groups is 3. The van der Waals surface area contributed by atoms with Gasteiger partial charge in [0.2, 0.25) is 0 Å². The van der Waals surface area contributed by atoms with E-state index >= 15 is 0 Å². The fraction of sp³-hybridized carbons (Fsp3) is 0.125. The predicted molar refractivity (Wildman–Crippen MR) is 119 cm³/mol.